The number of anilines is 2. The Morgan fingerprint density at radius 2 is 2.22 bits per heavy atom. The fourth-order valence-corrected chi connectivity index (χ4v) is 1.80. The molecule has 1 aromatic rings. The van der Waals surface area contributed by atoms with Gasteiger partial charge in [0.05, 0.1) is 4.92 Å². The van der Waals surface area contributed by atoms with Crippen molar-refractivity contribution in [3.63, 3.8) is 0 Å². The minimum Gasteiger partial charge on any atom is -0.368 e. The van der Waals surface area contributed by atoms with E-state index < -0.39 is 4.92 Å². The van der Waals surface area contributed by atoms with Gasteiger partial charge in [-0.3, -0.25) is 10.1 Å². The molecule has 1 atom stereocenters. The molecule has 8 heteroatoms. The van der Waals surface area contributed by atoms with Gasteiger partial charge in [0.2, 0.25) is 11.8 Å². The third-order valence-electron chi connectivity index (χ3n) is 2.50. The number of nitro groups is 1. The van der Waals surface area contributed by atoms with Crippen LogP contribution in [0.2, 0.25) is 0 Å². The topological polar surface area (TPSA) is 107 Å². The Labute approximate surface area is 110 Å². The van der Waals surface area contributed by atoms with E-state index in [4.69, 9.17) is 5.73 Å². The molecule has 18 heavy (non-hydrogen) atoms. The monoisotopic (exact) mass is 271 g/mol. The van der Waals surface area contributed by atoms with Gasteiger partial charge >= 0.3 is 5.69 Å². The normalized spacial score (nSPS) is 12.2. The van der Waals surface area contributed by atoms with Crippen molar-refractivity contribution in [2.24, 2.45) is 0 Å². The molecule has 0 bridgehead atoms. The lowest BCUT2D eigenvalue weighted by Crippen LogP contribution is -2.13. The summed E-state index contributed by atoms with van der Waals surface area (Å²) in [5.74, 6) is 0.233. The largest absolute Gasteiger partial charge is 0.368 e. The molecule has 0 aliphatic rings. The van der Waals surface area contributed by atoms with Crippen LogP contribution in [0.25, 0.3) is 0 Å². The van der Waals surface area contributed by atoms with Gasteiger partial charge in [0.25, 0.3) is 0 Å². The van der Waals surface area contributed by atoms with E-state index in [1.165, 1.54) is 0 Å². The molecule has 1 heterocycles. The zero-order chi connectivity index (χ0) is 13.7. The average Bonchev–Trinajstić information content (AvgIpc) is 2.27. The van der Waals surface area contributed by atoms with Crippen LogP contribution in [0.15, 0.2) is 0 Å². The summed E-state index contributed by atoms with van der Waals surface area (Å²) in [5.41, 5.74) is 5.66. The van der Waals surface area contributed by atoms with Gasteiger partial charge in [-0.2, -0.15) is 16.7 Å². The van der Waals surface area contributed by atoms with Crippen molar-refractivity contribution >= 4 is 29.2 Å². The van der Waals surface area contributed by atoms with E-state index in [0.717, 1.165) is 6.42 Å². The number of rotatable bonds is 6. The summed E-state index contributed by atoms with van der Waals surface area (Å²) in [6.07, 6.45) is 2.92. The Kier molecular flexibility index (Phi) is 5.14. The molecule has 7 nitrogen and oxygen atoms in total. The Morgan fingerprint density at radius 3 is 2.78 bits per heavy atom. The highest BCUT2D eigenvalue weighted by molar-refractivity contribution is 7.99. The molecule has 0 aliphatic carbocycles. The van der Waals surface area contributed by atoms with Crippen LogP contribution in [0.4, 0.5) is 17.5 Å². The number of hydrogen-bond acceptors (Lipinski definition) is 7. The molecule has 1 aromatic heterocycles. The first-order chi connectivity index (χ1) is 8.45. The van der Waals surface area contributed by atoms with E-state index in [-0.39, 0.29) is 23.1 Å². The number of nitrogens with zero attached hydrogens (tertiary/aromatic N) is 3. The molecule has 1 rings (SSSR count). The first-order valence-electron chi connectivity index (χ1n) is 5.50. The summed E-state index contributed by atoms with van der Waals surface area (Å²) < 4.78 is 0. The van der Waals surface area contributed by atoms with Crippen molar-refractivity contribution in [3.05, 3.63) is 15.8 Å². The maximum absolute atomic E-state index is 10.9. The molecule has 0 saturated carbocycles. The standard InChI is InChI=1S/C10H17N5O2S/c1-6(18-3)4-5-12-9-8(15(16)17)7(2)13-10(11)14-9/h6H,4-5H2,1-3H3,(H3,11,12,13,14). The van der Waals surface area contributed by atoms with Gasteiger partial charge in [-0.15, -0.1) is 0 Å². The van der Waals surface area contributed by atoms with Gasteiger partial charge in [-0.05, 0) is 19.6 Å². The van der Waals surface area contributed by atoms with E-state index >= 15 is 0 Å². The van der Waals surface area contributed by atoms with Crippen LogP contribution >= 0.6 is 11.8 Å². The molecule has 0 fully saturated rings. The number of aryl methyl sites for hydroxylation is 1. The van der Waals surface area contributed by atoms with Crippen LogP contribution in [0, 0.1) is 17.0 Å². The van der Waals surface area contributed by atoms with E-state index in [1.54, 1.807) is 18.7 Å². The quantitative estimate of drug-likeness (QED) is 0.600. The lowest BCUT2D eigenvalue weighted by atomic mass is 10.3. The highest BCUT2D eigenvalue weighted by Crippen LogP contribution is 2.25. The van der Waals surface area contributed by atoms with Crippen molar-refractivity contribution in [1.29, 1.82) is 0 Å². The molecule has 0 saturated heterocycles. The smallest absolute Gasteiger partial charge is 0.332 e. The second kappa shape index (κ2) is 6.39. The van der Waals surface area contributed by atoms with E-state index in [0.29, 0.717) is 11.8 Å². The van der Waals surface area contributed by atoms with Crippen LogP contribution in [0.5, 0.6) is 0 Å². The summed E-state index contributed by atoms with van der Waals surface area (Å²) in [5, 5.41) is 14.4. The predicted molar refractivity (Wildman–Crippen MR) is 73.9 cm³/mol. The number of nitrogens with two attached hydrogens (primary N) is 1. The SMILES string of the molecule is CSC(C)CCNc1nc(N)nc(C)c1[N+](=O)[O-]. The molecule has 0 spiro atoms. The predicted octanol–water partition coefficient (Wildman–Crippen LogP) is 1.83. The van der Waals surface area contributed by atoms with Gasteiger partial charge < -0.3 is 11.1 Å². The molecule has 0 aromatic carbocycles. The van der Waals surface area contributed by atoms with Crippen LogP contribution < -0.4 is 11.1 Å². The van der Waals surface area contributed by atoms with Gasteiger partial charge in [-0.25, -0.2) is 4.98 Å². The van der Waals surface area contributed by atoms with Gasteiger partial charge in [-0.1, -0.05) is 6.92 Å². The van der Waals surface area contributed by atoms with Crippen LogP contribution in [0.1, 0.15) is 19.0 Å². The summed E-state index contributed by atoms with van der Waals surface area (Å²) in [6.45, 7) is 4.25. The first kappa shape index (κ1) is 14.5. The molecule has 0 aliphatic heterocycles. The van der Waals surface area contributed by atoms with Crippen molar-refractivity contribution in [2.75, 3.05) is 23.9 Å². The molecule has 3 N–H and O–H groups in total. The third kappa shape index (κ3) is 3.73. The van der Waals surface area contributed by atoms with E-state index in [9.17, 15) is 10.1 Å². The molecular weight excluding hydrogens is 254 g/mol. The third-order valence-corrected chi connectivity index (χ3v) is 3.54. The zero-order valence-electron chi connectivity index (χ0n) is 10.6. The molecule has 1 unspecified atom stereocenters. The minimum atomic E-state index is -0.491. The van der Waals surface area contributed by atoms with E-state index in [1.807, 2.05) is 6.26 Å². The minimum absolute atomic E-state index is 0.0403. The van der Waals surface area contributed by atoms with Gasteiger partial charge in [0, 0.05) is 11.8 Å². The molecule has 0 amide bonds. The number of hydrogen-bond donors (Lipinski definition) is 2. The maximum Gasteiger partial charge on any atom is 0.332 e. The first-order valence-corrected chi connectivity index (χ1v) is 6.79. The molecule has 100 valence electrons. The van der Waals surface area contributed by atoms with Gasteiger partial charge in [0.1, 0.15) is 5.69 Å². The number of nitrogens with one attached hydrogen (secondary N) is 1. The molecule has 0 radical (unpaired) electrons. The number of aromatic nitrogens is 2. The number of thioether (sulfide) groups is 1. The second-order valence-corrected chi connectivity index (χ2v) is 5.16. The highest BCUT2D eigenvalue weighted by Gasteiger charge is 2.21. The van der Waals surface area contributed by atoms with Gasteiger partial charge in [0.15, 0.2) is 0 Å². The summed E-state index contributed by atoms with van der Waals surface area (Å²) >= 11 is 1.75. The lowest BCUT2D eigenvalue weighted by molar-refractivity contribution is -0.385. The maximum atomic E-state index is 10.9. The Balaban J connectivity index is 2.83. The summed E-state index contributed by atoms with van der Waals surface area (Å²) in [7, 11) is 0. The van der Waals surface area contributed by atoms with Crippen molar-refractivity contribution in [2.45, 2.75) is 25.5 Å². The van der Waals surface area contributed by atoms with Crippen LogP contribution in [-0.2, 0) is 0 Å². The van der Waals surface area contributed by atoms with Crippen molar-refractivity contribution < 1.29 is 4.92 Å². The van der Waals surface area contributed by atoms with E-state index in [2.05, 4.69) is 22.2 Å². The highest BCUT2D eigenvalue weighted by atomic mass is 32.2. The molecular formula is C10H17N5O2S. The summed E-state index contributed by atoms with van der Waals surface area (Å²) in [6, 6.07) is 0. The lowest BCUT2D eigenvalue weighted by Gasteiger charge is -2.10. The fourth-order valence-electron chi connectivity index (χ4n) is 1.44. The number of nitrogen functional groups attached to an aromatic ring is 1. The fraction of sp³-hybridized carbons (Fsp3) is 0.600. The second-order valence-electron chi connectivity index (χ2n) is 3.88. The Morgan fingerprint density at radius 1 is 1.56 bits per heavy atom. The van der Waals surface area contributed by atoms with Crippen molar-refractivity contribution in [3.8, 4) is 0 Å². The average molecular weight is 271 g/mol. The van der Waals surface area contributed by atoms with Crippen molar-refractivity contribution in [1.82, 2.24) is 9.97 Å². The zero-order valence-corrected chi connectivity index (χ0v) is 11.5. The van der Waals surface area contributed by atoms with Crippen LogP contribution in [-0.4, -0.2) is 32.9 Å². The van der Waals surface area contributed by atoms with Crippen LogP contribution in [0.3, 0.4) is 0 Å². The summed E-state index contributed by atoms with van der Waals surface area (Å²) in [4.78, 5) is 18.1. The Hall–Kier alpha value is -1.57. The Bertz CT molecular complexity index is 441.